The summed E-state index contributed by atoms with van der Waals surface area (Å²) in [6, 6.07) is 16.2. The Bertz CT molecular complexity index is 639. The SMILES string of the molecule is O=S(=O)(F)CCc1cccc(Oc2ccccc2)c1. The lowest BCUT2D eigenvalue weighted by Gasteiger charge is -2.07. The van der Waals surface area contributed by atoms with Gasteiger partial charge in [0.15, 0.2) is 0 Å². The normalized spacial score (nSPS) is 11.2. The lowest BCUT2D eigenvalue weighted by atomic mass is 10.2. The molecule has 2 aromatic carbocycles. The molecule has 0 fully saturated rings. The summed E-state index contributed by atoms with van der Waals surface area (Å²) in [4.78, 5) is 0. The Morgan fingerprint density at radius 2 is 1.63 bits per heavy atom. The third-order valence-electron chi connectivity index (χ3n) is 2.51. The first-order valence-corrected chi connectivity index (χ1v) is 7.32. The summed E-state index contributed by atoms with van der Waals surface area (Å²) in [6.45, 7) is 0. The van der Waals surface area contributed by atoms with Crippen LogP contribution in [0.4, 0.5) is 3.89 Å². The van der Waals surface area contributed by atoms with Gasteiger partial charge >= 0.3 is 10.2 Å². The van der Waals surface area contributed by atoms with Gasteiger partial charge in [-0.3, -0.25) is 0 Å². The van der Waals surface area contributed by atoms with Crippen LogP contribution in [-0.4, -0.2) is 14.2 Å². The monoisotopic (exact) mass is 280 g/mol. The molecular weight excluding hydrogens is 267 g/mol. The molecule has 0 saturated carbocycles. The Balaban J connectivity index is 2.07. The van der Waals surface area contributed by atoms with Crippen molar-refractivity contribution in [1.82, 2.24) is 0 Å². The van der Waals surface area contributed by atoms with E-state index in [9.17, 15) is 12.3 Å². The predicted octanol–water partition coefficient (Wildman–Crippen LogP) is 3.32. The number of aryl methyl sites for hydroxylation is 1. The summed E-state index contributed by atoms with van der Waals surface area (Å²) in [5.41, 5.74) is 0.717. The van der Waals surface area contributed by atoms with E-state index < -0.39 is 16.0 Å². The van der Waals surface area contributed by atoms with Gasteiger partial charge in [0.05, 0.1) is 5.75 Å². The lowest BCUT2D eigenvalue weighted by molar-refractivity contribution is 0.482. The molecule has 0 aliphatic rings. The summed E-state index contributed by atoms with van der Waals surface area (Å²) in [5.74, 6) is 0.777. The van der Waals surface area contributed by atoms with Crippen LogP contribution in [0.5, 0.6) is 11.5 Å². The smallest absolute Gasteiger partial charge is 0.302 e. The van der Waals surface area contributed by atoms with Crippen molar-refractivity contribution in [2.75, 3.05) is 5.75 Å². The summed E-state index contributed by atoms with van der Waals surface area (Å²) in [5, 5.41) is 0. The fourth-order valence-electron chi connectivity index (χ4n) is 1.63. The van der Waals surface area contributed by atoms with Gasteiger partial charge in [0, 0.05) is 0 Å². The first-order chi connectivity index (χ1) is 9.03. The van der Waals surface area contributed by atoms with Crippen LogP contribution in [0.3, 0.4) is 0 Å². The van der Waals surface area contributed by atoms with Crippen molar-refractivity contribution in [3.63, 3.8) is 0 Å². The quantitative estimate of drug-likeness (QED) is 0.789. The lowest BCUT2D eigenvalue weighted by Crippen LogP contribution is -2.02. The van der Waals surface area contributed by atoms with Crippen LogP contribution in [0.2, 0.25) is 0 Å². The second-order valence-corrected chi connectivity index (χ2v) is 5.54. The van der Waals surface area contributed by atoms with E-state index in [4.69, 9.17) is 4.74 Å². The average molecular weight is 280 g/mol. The molecule has 5 heteroatoms. The highest BCUT2D eigenvalue weighted by atomic mass is 32.3. The van der Waals surface area contributed by atoms with Crippen LogP contribution in [0.15, 0.2) is 54.6 Å². The van der Waals surface area contributed by atoms with Gasteiger partial charge in [0.2, 0.25) is 0 Å². The van der Waals surface area contributed by atoms with Crippen LogP contribution >= 0.6 is 0 Å². The van der Waals surface area contributed by atoms with E-state index in [1.54, 1.807) is 24.3 Å². The number of ether oxygens (including phenoxy) is 1. The van der Waals surface area contributed by atoms with E-state index in [0.29, 0.717) is 11.5 Å². The number of para-hydroxylation sites is 1. The predicted molar refractivity (Wildman–Crippen MR) is 71.6 cm³/mol. The van der Waals surface area contributed by atoms with Gasteiger partial charge in [-0.2, -0.15) is 8.42 Å². The number of benzene rings is 2. The van der Waals surface area contributed by atoms with Crippen molar-refractivity contribution in [3.8, 4) is 11.5 Å². The molecule has 0 bridgehead atoms. The standard InChI is InChI=1S/C14H13FO3S/c15-19(16,17)10-9-12-5-4-8-14(11-12)18-13-6-2-1-3-7-13/h1-8,11H,9-10H2. The molecule has 19 heavy (non-hydrogen) atoms. The van der Waals surface area contributed by atoms with Gasteiger partial charge in [0.25, 0.3) is 0 Å². The van der Waals surface area contributed by atoms with Crippen LogP contribution in [0.25, 0.3) is 0 Å². The molecule has 0 saturated heterocycles. The molecule has 0 N–H and O–H groups in total. The molecule has 0 aliphatic heterocycles. The first-order valence-electron chi connectivity index (χ1n) is 5.77. The Kier molecular flexibility index (Phi) is 4.16. The molecule has 0 heterocycles. The molecule has 0 aromatic heterocycles. The third kappa shape index (κ3) is 4.71. The highest BCUT2D eigenvalue weighted by Gasteiger charge is 2.07. The van der Waals surface area contributed by atoms with Crippen molar-refractivity contribution in [2.45, 2.75) is 6.42 Å². The summed E-state index contributed by atoms with van der Waals surface area (Å²) < 4.78 is 39.0. The van der Waals surface area contributed by atoms with Gasteiger partial charge in [-0.25, -0.2) is 0 Å². The molecule has 100 valence electrons. The summed E-state index contributed by atoms with van der Waals surface area (Å²) in [7, 11) is -4.43. The summed E-state index contributed by atoms with van der Waals surface area (Å²) in [6.07, 6.45) is 0.130. The Hall–Kier alpha value is -1.88. The van der Waals surface area contributed by atoms with Crippen molar-refractivity contribution < 1.29 is 17.0 Å². The highest BCUT2D eigenvalue weighted by molar-refractivity contribution is 7.86. The van der Waals surface area contributed by atoms with Gasteiger partial charge in [-0.15, -0.1) is 3.89 Å². The topological polar surface area (TPSA) is 43.4 Å². The van der Waals surface area contributed by atoms with E-state index in [-0.39, 0.29) is 6.42 Å². The maximum atomic E-state index is 12.5. The molecule has 0 radical (unpaired) electrons. The Labute approximate surface area is 111 Å². The molecule has 0 spiro atoms. The minimum Gasteiger partial charge on any atom is -0.457 e. The highest BCUT2D eigenvalue weighted by Crippen LogP contribution is 2.22. The number of hydrogen-bond acceptors (Lipinski definition) is 3. The minimum atomic E-state index is -4.43. The van der Waals surface area contributed by atoms with Crippen LogP contribution in [0, 0.1) is 0 Å². The molecule has 0 amide bonds. The van der Waals surface area contributed by atoms with Crippen molar-refractivity contribution >= 4 is 10.2 Å². The molecule has 2 aromatic rings. The first kappa shape index (κ1) is 13.5. The Morgan fingerprint density at radius 3 is 2.32 bits per heavy atom. The van der Waals surface area contributed by atoms with Gasteiger partial charge < -0.3 is 4.74 Å². The van der Waals surface area contributed by atoms with Gasteiger partial charge in [0.1, 0.15) is 11.5 Å². The Morgan fingerprint density at radius 1 is 0.947 bits per heavy atom. The zero-order valence-electron chi connectivity index (χ0n) is 10.1. The molecule has 3 nitrogen and oxygen atoms in total. The molecule has 0 aliphatic carbocycles. The maximum absolute atomic E-state index is 12.5. The fourth-order valence-corrected chi connectivity index (χ4v) is 2.11. The van der Waals surface area contributed by atoms with E-state index in [1.807, 2.05) is 30.3 Å². The van der Waals surface area contributed by atoms with Crippen LogP contribution in [-0.2, 0) is 16.6 Å². The molecular formula is C14H13FO3S. The average Bonchev–Trinajstić information content (AvgIpc) is 2.37. The molecule has 0 unspecified atom stereocenters. The van der Waals surface area contributed by atoms with Crippen LogP contribution in [0.1, 0.15) is 5.56 Å². The second kappa shape index (κ2) is 5.84. The fraction of sp³-hybridized carbons (Fsp3) is 0.143. The minimum absolute atomic E-state index is 0.130. The second-order valence-electron chi connectivity index (χ2n) is 4.06. The van der Waals surface area contributed by atoms with Gasteiger partial charge in [-0.1, -0.05) is 30.3 Å². The van der Waals surface area contributed by atoms with Gasteiger partial charge in [-0.05, 0) is 36.2 Å². The van der Waals surface area contributed by atoms with Crippen molar-refractivity contribution in [2.24, 2.45) is 0 Å². The van der Waals surface area contributed by atoms with Crippen LogP contribution < -0.4 is 4.74 Å². The molecule has 2 rings (SSSR count). The number of rotatable bonds is 5. The zero-order valence-corrected chi connectivity index (χ0v) is 10.9. The summed E-state index contributed by atoms with van der Waals surface area (Å²) >= 11 is 0. The van der Waals surface area contributed by atoms with E-state index in [0.717, 1.165) is 5.56 Å². The van der Waals surface area contributed by atoms with Crippen molar-refractivity contribution in [1.29, 1.82) is 0 Å². The van der Waals surface area contributed by atoms with E-state index >= 15 is 0 Å². The zero-order chi connectivity index (χ0) is 13.7. The molecule has 0 atom stereocenters. The largest absolute Gasteiger partial charge is 0.457 e. The maximum Gasteiger partial charge on any atom is 0.302 e. The number of halogens is 1. The van der Waals surface area contributed by atoms with E-state index in [1.165, 1.54) is 0 Å². The van der Waals surface area contributed by atoms with E-state index in [2.05, 4.69) is 0 Å². The van der Waals surface area contributed by atoms with Crippen molar-refractivity contribution in [3.05, 3.63) is 60.2 Å². The third-order valence-corrected chi connectivity index (χ3v) is 3.20. The number of hydrogen-bond donors (Lipinski definition) is 0.